The summed E-state index contributed by atoms with van der Waals surface area (Å²) in [5, 5.41) is 5.33. The highest BCUT2D eigenvalue weighted by Gasteiger charge is 2.21. The number of nitrogens with one attached hydrogen (secondary N) is 3. The summed E-state index contributed by atoms with van der Waals surface area (Å²) < 4.78 is 28.5. The van der Waals surface area contributed by atoms with Gasteiger partial charge in [-0.15, -0.1) is 0 Å². The number of benzene rings is 3. The largest absolute Gasteiger partial charge is 0.326 e. The predicted octanol–water partition coefficient (Wildman–Crippen LogP) is 4.97. The molecular formula is C23H22ClN3O4S. The highest BCUT2D eigenvalue weighted by molar-refractivity contribution is 7.92. The molecule has 7 nitrogen and oxygen atoms in total. The Hall–Kier alpha value is -3.36. The van der Waals surface area contributed by atoms with E-state index in [1.54, 1.807) is 36.4 Å². The van der Waals surface area contributed by atoms with Crippen LogP contribution in [0.5, 0.6) is 0 Å². The summed E-state index contributed by atoms with van der Waals surface area (Å²) in [5.74, 6) is -0.705. The van der Waals surface area contributed by atoms with Crippen molar-refractivity contribution in [3.8, 4) is 0 Å². The molecule has 166 valence electrons. The zero-order valence-corrected chi connectivity index (χ0v) is 19.3. The number of hydrogen-bond donors (Lipinski definition) is 3. The van der Waals surface area contributed by atoms with E-state index in [1.165, 1.54) is 25.1 Å². The van der Waals surface area contributed by atoms with Gasteiger partial charge in [-0.05, 0) is 73.5 Å². The summed E-state index contributed by atoms with van der Waals surface area (Å²) in [7, 11) is -4.03. The van der Waals surface area contributed by atoms with Crippen molar-refractivity contribution >= 4 is 50.5 Å². The number of sulfonamides is 1. The molecule has 0 fully saturated rings. The van der Waals surface area contributed by atoms with Crippen molar-refractivity contribution < 1.29 is 18.0 Å². The van der Waals surface area contributed by atoms with Crippen LogP contribution in [0.15, 0.2) is 65.6 Å². The minimum Gasteiger partial charge on any atom is -0.326 e. The van der Waals surface area contributed by atoms with Crippen LogP contribution in [-0.2, 0) is 14.8 Å². The summed E-state index contributed by atoms with van der Waals surface area (Å²) >= 11 is 6.16. The van der Waals surface area contributed by atoms with Crippen LogP contribution in [0, 0.1) is 13.8 Å². The lowest BCUT2D eigenvalue weighted by atomic mass is 10.1. The van der Waals surface area contributed by atoms with Gasteiger partial charge in [0, 0.05) is 23.9 Å². The number of rotatable bonds is 6. The Morgan fingerprint density at radius 1 is 0.875 bits per heavy atom. The van der Waals surface area contributed by atoms with Crippen LogP contribution in [0.25, 0.3) is 0 Å². The number of carbonyl (C=O) groups is 2. The van der Waals surface area contributed by atoms with Crippen molar-refractivity contribution in [2.75, 3.05) is 15.4 Å². The van der Waals surface area contributed by atoms with Gasteiger partial charge in [-0.2, -0.15) is 0 Å². The molecule has 2 amide bonds. The van der Waals surface area contributed by atoms with E-state index in [-0.39, 0.29) is 21.4 Å². The van der Waals surface area contributed by atoms with E-state index >= 15 is 0 Å². The highest BCUT2D eigenvalue weighted by atomic mass is 35.5. The van der Waals surface area contributed by atoms with Gasteiger partial charge in [-0.1, -0.05) is 23.7 Å². The first kappa shape index (κ1) is 23.3. The van der Waals surface area contributed by atoms with Gasteiger partial charge in [0.1, 0.15) is 4.90 Å². The molecule has 3 aromatic rings. The van der Waals surface area contributed by atoms with Gasteiger partial charge in [-0.3, -0.25) is 14.3 Å². The SMILES string of the molecule is CC(=O)Nc1ccc(NC(=O)c2ccc(Cl)c(S(=O)(=O)Nc3cccc(C)c3C)c2)cc1. The Labute approximate surface area is 191 Å². The molecule has 9 heteroatoms. The molecule has 0 aliphatic heterocycles. The number of aryl methyl sites for hydroxylation is 1. The lowest BCUT2D eigenvalue weighted by molar-refractivity contribution is -0.114. The quantitative estimate of drug-likeness (QED) is 0.472. The first-order valence-corrected chi connectivity index (χ1v) is 11.5. The third-order valence-corrected chi connectivity index (χ3v) is 6.64. The van der Waals surface area contributed by atoms with Gasteiger partial charge in [0.25, 0.3) is 15.9 Å². The Morgan fingerprint density at radius 3 is 2.12 bits per heavy atom. The Kier molecular flexibility index (Phi) is 6.86. The number of carbonyl (C=O) groups excluding carboxylic acids is 2. The van der Waals surface area contributed by atoms with Crippen LogP contribution < -0.4 is 15.4 Å². The predicted molar refractivity (Wildman–Crippen MR) is 127 cm³/mol. The molecule has 0 saturated heterocycles. The van der Waals surface area contributed by atoms with E-state index in [0.29, 0.717) is 17.1 Å². The number of halogens is 1. The maximum Gasteiger partial charge on any atom is 0.263 e. The molecule has 0 spiro atoms. The van der Waals surface area contributed by atoms with Crippen LogP contribution in [-0.4, -0.2) is 20.2 Å². The average Bonchev–Trinajstić information content (AvgIpc) is 2.72. The van der Waals surface area contributed by atoms with Gasteiger partial charge in [0.2, 0.25) is 5.91 Å². The Morgan fingerprint density at radius 2 is 1.50 bits per heavy atom. The fourth-order valence-corrected chi connectivity index (χ4v) is 4.61. The molecule has 3 aromatic carbocycles. The molecule has 0 aliphatic rings. The molecule has 3 N–H and O–H groups in total. The lowest BCUT2D eigenvalue weighted by Gasteiger charge is -2.14. The van der Waals surface area contributed by atoms with Crippen molar-refractivity contribution in [3.05, 3.63) is 82.4 Å². The van der Waals surface area contributed by atoms with Crippen LogP contribution in [0.1, 0.15) is 28.4 Å². The zero-order chi connectivity index (χ0) is 23.5. The third-order valence-electron chi connectivity index (χ3n) is 4.79. The van der Waals surface area contributed by atoms with E-state index in [4.69, 9.17) is 11.6 Å². The van der Waals surface area contributed by atoms with E-state index in [2.05, 4.69) is 15.4 Å². The van der Waals surface area contributed by atoms with E-state index in [9.17, 15) is 18.0 Å². The number of anilines is 3. The molecule has 0 bridgehead atoms. The fraction of sp³-hybridized carbons (Fsp3) is 0.130. The lowest BCUT2D eigenvalue weighted by Crippen LogP contribution is -2.17. The van der Waals surface area contributed by atoms with Crippen molar-refractivity contribution in [1.29, 1.82) is 0 Å². The van der Waals surface area contributed by atoms with Crippen LogP contribution >= 0.6 is 11.6 Å². The normalized spacial score (nSPS) is 11.0. The van der Waals surface area contributed by atoms with E-state index in [0.717, 1.165) is 11.1 Å². The molecule has 0 saturated carbocycles. The van der Waals surface area contributed by atoms with E-state index in [1.807, 2.05) is 19.9 Å². The first-order chi connectivity index (χ1) is 15.1. The van der Waals surface area contributed by atoms with Gasteiger partial charge >= 0.3 is 0 Å². The molecule has 3 rings (SSSR count). The Balaban J connectivity index is 1.83. The van der Waals surface area contributed by atoms with Crippen LogP contribution in [0.4, 0.5) is 17.1 Å². The first-order valence-electron chi connectivity index (χ1n) is 9.64. The van der Waals surface area contributed by atoms with E-state index < -0.39 is 15.9 Å². The maximum absolute atomic E-state index is 13.0. The van der Waals surface area contributed by atoms with Gasteiger partial charge in [-0.25, -0.2) is 8.42 Å². The minimum atomic E-state index is -4.03. The van der Waals surface area contributed by atoms with Gasteiger partial charge in [0.15, 0.2) is 0 Å². The molecule has 32 heavy (non-hydrogen) atoms. The summed E-state index contributed by atoms with van der Waals surface area (Å²) in [4.78, 5) is 23.6. The monoisotopic (exact) mass is 471 g/mol. The fourth-order valence-electron chi connectivity index (χ4n) is 2.96. The second-order valence-electron chi connectivity index (χ2n) is 7.21. The topological polar surface area (TPSA) is 104 Å². The average molecular weight is 472 g/mol. The summed E-state index contributed by atoms with van der Waals surface area (Å²) in [5.41, 5.74) is 3.37. The highest BCUT2D eigenvalue weighted by Crippen LogP contribution is 2.27. The molecule has 0 radical (unpaired) electrons. The second kappa shape index (κ2) is 9.42. The number of hydrogen-bond acceptors (Lipinski definition) is 4. The molecule has 0 unspecified atom stereocenters. The van der Waals surface area contributed by atoms with Crippen LogP contribution in [0.3, 0.4) is 0 Å². The zero-order valence-electron chi connectivity index (χ0n) is 17.7. The summed E-state index contributed by atoms with van der Waals surface area (Å²) in [6, 6.07) is 15.9. The maximum atomic E-state index is 13.0. The van der Waals surface area contributed by atoms with Gasteiger partial charge in [0.05, 0.1) is 10.7 Å². The van der Waals surface area contributed by atoms with Crippen molar-refractivity contribution in [2.24, 2.45) is 0 Å². The summed E-state index contributed by atoms with van der Waals surface area (Å²) in [6.07, 6.45) is 0. The Bertz CT molecular complexity index is 1290. The molecular weight excluding hydrogens is 450 g/mol. The van der Waals surface area contributed by atoms with Crippen molar-refractivity contribution in [1.82, 2.24) is 0 Å². The van der Waals surface area contributed by atoms with Crippen molar-refractivity contribution in [2.45, 2.75) is 25.7 Å². The summed E-state index contributed by atoms with van der Waals surface area (Å²) in [6.45, 7) is 5.10. The molecule has 0 atom stereocenters. The van der Waals surface area contributed by atoms with Crippen LogP contribution in [0.2, 0.25) is 5.02 Å². The third kappa shape index (κ3) is 5.46. The second-order valence-corrected chi connectivity index (χ2v) is 9.27. The van der Waals surface area contributed by atoms with Gasteiger partial charge < -0.3 is 10.6 Å². The smallest absolute Gasteiger partial charge is 0.263 e. The number of amides is 2. The molecule has 0 aromatic heterocycles. The minimum absolute atomic E-state index is 0.000911. The van der Waals surface area contributed by atoms with Crippen molar-refractivity contribution in [3.63, 3.8) is 0 Å². The standard InChI is InChI=1S/C23H22ClN3O4S/c1-14-5-4-6-21(15(14)2)27-32(30,31)22-13-17(7-12-20(22)24)23(29)26-19-10-8-18(9-11-19)25-16(3)28/h4-13,27H,1-3H3,(H,25,28)(H,26,29). The molecule has 0 heterocycles. The molecule has 0 aliphatic carbocycles.